The number of carbonyl (C=O) groups excluding carboxylic acids is 3. The fraction of sp³-hybridized carbons (Fsp3) is 0.318. The molecule has 0 aromatic heterocycles. The molecule has 8 nitrogen and oxygen atoms in total. The van der Waals surface area contributed by atoms with Crippen molar-refractivity contribution in [1.82, 2.24) is 4.90 Å². The summed E-state index contributed by atoms with van der Waals surface area (Å²) in [5, 5.41) is 2.74. The normalized spacial score (nSPS) is 15.6. The summed E-state index contributed by atoms with van der Waals surface area (Å²) < 4.78 is 10.3. The van der Waals surface area contributed by atoms with Crippen molar-refractivity contribution in [3.05, 3.63) is 48.5 Å². The van der Waals surface area contributed by atoms with E-state index >= 15 is 0 Å². The topological polar surface area (TPSA) is 88.2 Å². The molecule has 1 heterocycles. The number of hydrogen-bond acceptors (Lipinski definition) is 5. The van der Waals surface area contributed by atoms with Gasteiger partial charge >= 0.3 is 0 Å². The van der Waals surface area contributed by atoms with Gasteiger partial charge in [0.15, 0.2) is 0 Å². The summed E-state index contributed by atoms with van der Waals surface area (Å²) in [6, 6.07) is 14.1. The highest BCUT2D eigenvalue weighted by atomic mass is 16.5. The monoisotopic (exact) mass is 411 g/mol. The highest BCUT2D eigenvalue weighted by Gasteiger charge is 2.36. The number of nitrogens with one attached hydrogen (secondary N) is 1. The average Bonchev–Trinajstić information content (AvgIpc) is 3.14. The molecule has 0 radical (unpaired) electrons. The predicted octanol–water partition coefficient (Wildman–Crippen LogP) is 2.15. The summed E-state index contributed by atoms with van der Waals surface area (Å²) in [6.07, 6.45) is 0.109. The molecule has 3 rings (SSSR count). The lowest BCUT2D eigenvalue weighted by atomic mass is 10.1. The molecule has 2 aromatic rings. The minimum atomic E-state index is -0.502. The molecule has 8 heteroatoms. The smallest absolute Gasteiger partial charge is 0.243 e. The summed E-state index contributed by atoms with van der Waals surface area (Å²) in [6.45, 7) is 0.159. The molecule has 1 aliphatic rings. The molecule has 1 aliphatic heterocycles. The Morgan fingerprint density at radius 1 is 1.10 bits per heavy atom. The number of amides is 3. The summed E-state index contributed by atoms with van der Waals surface area (Å²) in [5.74, 6) is 0.0671. The third-order valence-corrected chi connectivity index (χ3v) is 4.95. The van der Waals surface area contributed by atoms with E-state index in [1.54, 1.807) is 74.7 Å². The first kappa shape index (κ1) is 21.2. The number of carbonyl (C=O) groups is 3. The fourth-order valence-electron chi connectivity index (χ4n) is 3.41. The van der Waals surface area contributed by atoms with Gasteiger partial charge in [-0.1, -0.05) is 12.1 Å². The molecule has 1 atom stereocenters. The van der Waals surface area contributed by atoms with Crippen LogP contribution in [0, 0.1) is 5.92 Å². The molecule has 0 spiro atoms. The van der Waals surface area contributed by atoms with Crippen LogP contribution in [0.15, 0.2) is 48.5 Å². The lowest BCUT2D eigenvalue weighted by Crippen LogP contribution is -2.39. The number of nitrogens with zero attached hydrogens (tertiary/aromatic N) is 2. The van der Waals surface area contributed by atoms with Gasteiger partial charge in [0.05, 0.1) is 26.7 Å². The molecular formula is C22H25N3O5. The zero-order valence-corrected chi connectivity index (χ0v) is 17.3. The van der Waals surface area contributed by atoms with Crippen LogP contribution in [-0.4, -0.2) is 57.0 Å². The Bertz CT molecular complexity index is 946. The molecule has 0 saturated carbocycles. The SMILES string of the molecule is COc1cccc(NC(=O)CN(C)C(=O)C2CC(=O)N(c3cccc(OC)c3)C2)c1. The summed E-state index contributed by atoms with van der Waals surface area (Å²) >= 11 is 0. The summed E-state index contributed by atoms with van der Waals surface area (Å²) in [5.41, 5.74) is 1.27. The van der Waals surface area contributed by atoms with Gasteiger partial charge in [-0.3, -0.25) is 14.4 Å². The third kappa shape index (κ3) is 4.89. The summed E-state index contributed by atoms with van der Waals surface area (Å²) in [4.78, 5) is 40.5. The van der Waals surface area contributed by atoms with Gasteiger partial charge in [-0.15, -0.1) is 0 Å². The van der Waals surface area contributed by atoms with Crippen molar-refractivity contribution in [2.75, 3.05) is 44.6 Å². The first-order valence-corrected chi connectivity index (χ1v) is 9.54. The Kier molecular flexibility index (Phi) is 6.56. The highest BCUT2D eigenvalue weighted by molar-refractivity contribution is 6.01. The van der Waals surface area contributed by atoms with Gasteiger partial charge in [0.1, 0.15) is 11.5 Å². The molecule has 1 N–H and O–H groups in total. The summed E-state index contributed by atoms with van der Waals surface area (Å²) in [7, 11) is 4.67. The number of benzene rings is 2. The Morgan fingerprint density at radius 3 is 2.47 bits per heavy atom. The van der Waals surface area contributed by atoms with E-state index in [0.717, 1.165) is 0 Å². The maximum absolute atomic E-state index is 12.8. The minimum absolute atomic E-state index is 0.109. The van der Waals surface area contributed by atoms with Crippen molar-refractivity contribution < 1.29 is 23.9 Å². The van der Waals surface area contributed by atoms with Crippen molar-refractivity contribution in [1.29, 1.82) is 0 Å². The minimum Gasteiger partial charge on any atom is -0.497 e. The molecule has 2 aromatic carbocycles. The largest absolute Gasteiger partial charge is 0.497 e. The first-order valence-electron chi connectivity index (χ1n) is 9.54. The maximum atomic E-state index is 12.8. The van der Waals surface area contributed by atoms with E-state index < -0.39 is 5.92 Å². The number of rotatable bonds is 7. The second kappa shape index (κ2) is 9.30. The standard InChI is InChI=1S/C22H25N3O5/c1-24(14-20(26)23-16-6-4-8-18(11-16)29-2)22(28)15-10-21(27)25(13-15)17-7-5-9-19(12-17)30-3/h4-9,11-12,15H,10,13-14H2,1-3H3,(H,23,26). The zero-order valence-electron chi connectivity index (χ0n) is 17.3. The quantitative estimate of drug-likeness (QED) is 0.754. The van der Waals surface area contributed by atoms with Crippen LogP contribution in [0.25, 0.3) is 0 Å². The third-order valence-electron chi connectivity index (χ3n) is 4.95. The van der Waals surface area contributed by atoms with E-state index in [0.29, 0.717) is 22.9 Å². The first-order chi connectivity index (χ1) is 14.4. The van der Waals surface area contributed by atoms with Crippen LogP contribution in [0.5, 0.6) is 11.5 Å². The highest BCUT2D eigenvalue weighted by Crippen LogP contribution is 2.28. The van der Waals surface area contributed by atoms with Crippen LogP contribution in [0.2, 0.25) is 0 Å². The van der Waals surface area contributed by atoms with Crippen molar-refractivity contribution in [3.8, 4) is 11.5 Å². The number of hydrogen-bond donors (Lipinski definition) is 1. The van der Waals surface area contributed by atoms with Crippen LogP contribution in [-0.2, 0) is 14.4 Å². The van der Waals surface area contributed by atoms with E-state index in [1.807, 2.05) is 0 Å². The van der Waals surface area contributed by atoms with Gasteiger partial charge in [0, 0.05) is 43.5 Å². The Labute approximate surface area is 175 Å². The molecular weight excluding hydrogens is 386 g/mol. The Balaban J connectivity index is 1.59. The van der Waals surface area contributed by atoms with Crippen LogP contribution in [0.3, 0.4) is 0 Å². The Morgan fingerprint density at radius 2 is 1.77 bits per heavy atom. The molecule has 3 amide bonds. The number of anilines is 2. The average molecular weight is 411 g/mol. The predicted molar refractivity (Wildman–Crippen MR) is 113 cm³/mol. The van der Waals surface area contributed by atoms with Gasteiger partial charge in [0.25, 0.3) is 0 Å². The molecule has 1 saturated heterocycles. The van der Waals surface area contributed by atoms with Gasteiger partial charge in [-0.25, -0.2) is 0 Å². The van der Waals surface area contributed by atoms with Crippen molar-refractivity contribution in [2.24, 2.45) is 5.92 Å². The van der Waals surface area contributed by atoms with Crippen LogP contribution in [0.1, 0.15) is 6.42 Å². The van der Waals surface area contributed by atoms with E-state index in [4.69, 9.17) is 9.47 Å². The van der Waals surface area contributed by atoms with E-state index in [9.17, 15) is 14.4 Å². The van der Waals surface area contributed by atoms with E-state index in [1.165, 1.54) is 4.90 Å². The molecule has 0 bridgehead atoms. The Hall–Kier alpha value is -3.55. The number of likely N-dealkylation sites (N-methyl/N-ethyl adjacent to an activating group) is 1. The molecule has 30 heavy (non-hydrogen) atoms. The van der Waals surface area contributed by atoms with Gasteiger partial charge in [0.2, 0.25) is 17.7 Å². The molecule has 1 fully saturated rings. The van der Waals surface area contributed by atoms with Gasteiger partial charge < -0.3 is 24.6 Å². The van der Waals surface area contributed by atoms with E-state index in [-0.39, 0.29) is 37.2 Å². The number of ether oxygens (including phenoxy) is 2. The zero-order chi connectivity index (χ0) is 21.7. The molecule has 1 unspecified atom stereocenters. The lowest BCUT2D eigenvalue weighted by molar-refractivity contribution is -0.137. The molecule has 158 valence electrons. The van der Waals surface area contributed by atoms with Crippen molar-refractivity contribution >= 4 is 29.1 Å². The van der Waals surface area contributed by atoms with Crippen molar-refractivity contribution in [2.45, 2.75) is 6.42 Å². The van der Waals surface area contributed by atoms with Gasteiger partial charge in [-0.2, -0.15) is 0 Å². The number of methoxy groups -OCH3 is 2. The lowest BCUT2D eigenvalue weighted by Gasteiger charge is -2.21. The fourth-order valence-corrected chi connectivity index (χ4v) is 3.41. The van der Waals surface area contributed by atoms with Crippen LogP contribution < -0.4 is 19.7 Å². The van der Waals surface area contributed by atoms with E-state index in [2.05, 4.69) is 5.32 Å². The van der Waals surface area contributed by atoms with Crippen molar-refractivity contribution in [3.63, 3.8) is 0 Å². The second-order valence-corrected chi connectivity index (χ2v) is 7.08. The van der Waals surface area contributed by atoms with Crippen LogP contribution >= 0.6 is 0 Å². The van der Waals surface area contributed by atoms with Gasteiger partial charge in [-0.05, 0) is 24.3 Å². The second-order valence-electron chi connectivity index (χ2n) is 7.08. The molecule has 0 aliphatic carbocycles. The van der Waals surface area contributed by atoms with Crippen LogP contribution in [0.4, 0.5) is 11.4 Å². The maximum Gasteiger partial charge on any atom is 0.243 e.